The maximum absolute atomic E-state index is 9.78. The van der Waals surface area contributed by atoms with Crippen LogP contribution >= 0.6 is 0 Å². The second-order valence-corrected chi connectivity index (χ2v) is 4.21. The largest absolute Gasteiger partial charge is 0.504 e. The van der Waals surface area contributed by atoms with Gasteiger partial charge in [-0.15, -0.1) is 0 Å². The molecule has 0 bridgehead atoms. The van der Waals surface area contributed by atoms with E-state index in [2.05, 4.69) is 25.9 Å². The molecule has 0 saturated carbocycles. The van der Waals surface area contributed by atoms with Crippen molar-refractivity contribution in [2.75, 3.05) is 0 Å². The summed E-state index contributed by atoms with van der Waals surface area (Å²) in [7, 11) is 0. The Labute approximate surface area is 85.8 Å². The third-order valence-electron chi connectivity index (χ3n) is 2.22. The highest BCUT2D eigenvalue weighted by Crippen LogP contribution is 2.23. The zero-order chi connectivity index (χ0) is 10.7. The zero-order valence-corrected chi connectivity index (χ0v) is 9.54. The maximum atomic E-state index is 9.78. The summed E-state index contributed by atoms with van der Waals surface area (Å²) in [6, 6.07) is 0. The molecule has 80 valence electrons. The van der Waals surface area contributed by atoms with Crippen molar-refractivity contribution in [1.29, 1.82) is 0 Å². The number of aromatic hydroxyl groups is 1. The second kappa shape index (κ2) is 4.49. The highest BCUT2D eigenvalue weighted by molar-refractivity contribution is 5.31. The van der Waals surface area contributed by atoms with Crippen LogP contribution in [0.5, 0.6) is 5.75 Å². The summed E-state index contributed by atoms with van der Waals surface area (Å²) in [5, 5.41) is 14.1. The lowest BCUT2D eigenvalue weighted by Gasteiger charge is -2.08. The molecular weight excluding hydrogens is 176 g/mol. The van der Waals surface area contributed by atoms with Crippen molar-refractivity contribution in [2.24, 2.45) is 5.92 Å². The lowest BCUT2D eigenvalue weighted by Crippen LogP contribution is -2.09. The molecule has 0 saturated heterocycles. The van der Waals surface area contributed by atoms with E-state index in [-0.39, 0.29) is 0 Å². The van der Waals surface area contributed by atoms with Crippen LogP contribution in [0.1, 0.15) is 38.6 Å². The minimum atomic E-state index is 0.382. The van der Waals surface area contributed by atoms with Crippen molar-refractivity contribution in [2.45, 2.75) is 47.1 Å². The van der Waals surface area contributed by atoms with Crippen molar-refractivity contribution in [3.8, 4) is 5.75 Å². The fourth-order valence-corrected chi connectivity index (χ4v) is 1.60. The summed E-state index contributed by atoms with van der Waals surface area (Å²) >= 11 is 0. The molecule has 0 unspecified atom stereocenters. The van der Waals surface area contributed by atoms with Gasteiger partial charge >= 0.3 is 0 Å². The fraction of sp³-hybridized carbons (Fsp3) is 0.727. The van der Waals surface area contributed by atoms with Crippen LogP contribution in [0, 0.1) is 12.8 Å². The summed E-state index contributed by atoms with van der Waals surface area (Å²) in [5.41, 5.74) is 1.73. The van der Waals surface area contributed by atoms with E-state index in [0.29, 0.717) is 11.7 Å². The van der Waals surface area contributed by atoms with Crippen LogP contribution < -0.4 is 0 Å². The van der Waals surface area contributed by atoms with Crippen molar-refractivity contribution in [1.82, 2.24) is 9.78 Å². The van der Waals surface area contributed by atoms with Gasteiger partial charge in [-0.1, -0.05) is 27.2 Å². The first-order chi connectivity index (χ1) is 6.56. The summed E-state index contributed by atoms with van der Waals surface area (Å²) in [5.74, 6) is 0.941. The number of aromatic nitrogens is 2. The topological polar surface area (TPSA) is 38.1 Å². The van der Waals surface area contributed by atoms with Gasteiger partial charge in [0.15, 0.2) is 5.75 Å². The Morgan fingerprint density at radius 2 is 2.07 bits per heavy atom. The molecule has 0 atom stereocenters. The number of aryl methyl sites for hydroxylation is 1. The molecule has 0 amide bonds. The van der Waals surface area contributed by atoms with E-state index < -0.39 is 0 Å². The first-order valence-electron chi connectivity index (χ1n) is 5.31. The van der Waals surface area contributed by atoms with E-state index in [0.717, 1.165) is 30.8 Å². The first-order valence-corrected chi connectivity index (χ1v) is 5.31. The van der Waals surface area contributed by atoms with E-state index in [1.54, 1.807) is 0 Å². The summed E-state index contributed by atoms with van der Waals surface area (Å²) in [4.78, 5) is 0. The van der Waals surface area contributed by atoms with E-state index in [4.69, 9.17) is 0 Å². The smallest absolute Gasteiger partial charge is 0.159 e. The quantitative estimate of drug-likeness (QED) is 0.803. The Morgan fingerprint density at radius 3 is 2.57 bits per heavy atom. The van der Waals surface area contributed by atoms with Crippen LogP contribution in [0.4, 0.5) is 0 Å². The predicted octanol–water partition coefficient (Wildman–Crippen LogP) is 2.51. The highest BCUT2D eigenvalue weighted by atomic mass is 16.3. The average Bonchev–Trinajstić information content (AvgIpc) is 2.32. The Hall–Kier alpha value is -0.990. The minimum absolute atomic E-state index is 0.382. The van der Waals surface area contributed by atoms with Gasteiger partial charge in [0.05, 0.1) is 5.69 Å². The lowest BCUT2D eigenvalue weighted by molar-refractivity contribution is 0.443. The molecule has 1 aromatic heterocycles. The molecule has 1 rings (SSSR count). The molecular formula is C11H20N2O. The zero-order valence-electron chi connectivity index (χ0n) is 9.54. The summed E-state index contributed by atoms with van der Waals surface area (Å²) in [6.45, 7) is 9.16. The predicted molar refractivity (Wildman–Crippen MR) is 57.5 cm³/mol. The first kappa shape index (κ1) is 11.1. The molecule has 0 aliphatic heterocycles. The Balaban J connectivity index is 2.96. The van der Waals surface area contributed by atoms with Crippen LogP contribution in [0.25, 0.3) is 0 Å². The normalized spacial score (nSPS) is 11.2. The Bertz CT molecular complexity index is 302. The van der Waals surface area contributed by atoms with Gasteiger partial charge in [-0.25, -0.2) is 0 Å². The van der Waals surface area contributed by atoms with Gasteiger partial charge in [-0.05, 0) is 19.3 Å². The molecule has 0 aromatic carbocycles. The number of rotatable bonds is 4. The molecule has 0 spiro atoms. The van der Waals surface area contributed by atoms with E-state index in [1.165, 1.54) is 0 Å². The van der Waals surface area contributed by atoms with Gasteiger partial charge in [-0.2, -0.15) is 5.10 Å². The number of nitrogens with zero attached hydrogens (tertiary/aromatic N) is 2. The van der Waals surface area contributed by atoms with E-state index in [1.807, 2.05) is 11.6 Å². The van der Waals surface area contributed by atoms with Crippen LogP contribution in [-0.4, -0.2) is 14.9 Å². The SMILES string of the molecule is CCCc1c(O)c(C)nn1CC(C)C. The monoisotopic (exact) mass is 196 g/mol. The Morgan fingerprint density at radius 1 is 1.43 bits per heavy atom. The molecule has 0 aliphatic carbocycles. The third-order valence-corrected chi connectivity index (χ3v) is 2.22. The van der Waals surface area contributed by atoms with Gasteiger partial charge in [0, 0.05) is 6.54 Å². The highest BCUT2D eigenvalue weighted by Gasteiger charge is 2.13. The minimum Gasteiger partial charge on any atom is -0.504 e. The van der Waals surface area contributed by atoms with Gasteiger partial charge in [0.25, 0.3) is 0 Å². The molecule has 0 fully saturated rings. The molecule has 1 N–H and O–H groups in total. The fourth-order valence-electron chi connectivity index (χ4n) is 1.60. The number of hydrogen-bond donors (Lipinski definition) is 1. The maximum Gasteiger partial charge on any atom is 0.159 e. The Kier molecular flexibility index (Phi) is 3.55. The molecule has 1 aromatic rings. The van der Waals surface area contributed by atoms with Gasteiger partial charge in [0.2, 0.25) is 0 Å². The lowest BCUT2D eigenvalue weighted by atomic mass is 10.2. The van der Waals surface area contributed by atoms with Crippen molar-refractivity contribution in [3.05, 3.63) is 11.4 Å². The van der Waals surface area contributed by atoms with Crippen molar-refractivity contribution < 1.29 is 5.11 Å². The van der Waals surface area contributed by atoms with Crippen molar-refractivity contribution >= 4 is 0 Å². The summed E-state index contributed by atoms with van der Waals surface area (Å²) in [6.07, 6.45) is 1.94. The van der Waals surface area contributed by atoms with Gasteiger partial charge in [0.1, 0.15) is 5.69 Å². The third kappa shape index (κ3) is 2.28. The molecule has 0 radical (unpaired) electrons. The molecule has 3 nitrogen and oxygen atoms in total. The van der Waals surface area contributed by atoms with Crippen LogP contribution in [0.15, 0.2) is 0 Å². The summed E-state index contributed by atoms with van der Waals surface area (Å²) < 4.78 is 1.94. The van der Waals surface area contributed by atoms with E-state index >= 15 is 0 Å². The van der Waals surface area contributed by atoms with E-state index in [9.17, 15) is 5.11 Å². The number of hydrogen-bond acceptors (Lipinski definition) is 2. The van der Waals surface area contributed by atoms with Gasteiger partial charge < -0.3 is 5.11 Å². The second-order valence-electron chi connectivity index (χ2n) is 4.21. The standard InChI is InChI=1S/C11H20N2O/c1-5-6-10-11(14)9(4)12-13(10)7-8(2)3/h8,14H,5-7H2,1-4H3. The van der Waals surface area contributed by atoms with Crippen molar-refractivity contribution in [3.63, 3.8) is 0 Å². The molecule has 3 heteroatoms. The molecule has 0 aliphatic rings. The van der Waals surface area contributed by atoms with Gasteiger partial charge in [-0.3, -0.25) is 4.68 Å². The average molecular weight is 196 g/mol. The van der Waals surface area contributed by atoms with Crippen LogP contribution in [0.2, 0.25) is 0 Å². The molecule has 1 heterocycles. The van der Waals surface area contributed by atoms with Crippen LogP contribution in [-0.2, 0) is 13.0 Å². The van der Waals surface area contributed by atoms with Crippen LogP contribution in [0.3, 0.4) is 0 Å². The molecule has 14 heavy (non-hydrogen) atoms.